The normalized spacial score (nSPS) is 14.4. The molecule has 0 atom stereocenters. The number of aryl methyl sites for hydroxylation is 1. The van der Waals surface area contributed by atoms with Crippen LogP contribution in [-0.2, 0) is 30.3 Å². The van der Waals surface area contributed by atoms with Crippen LogP contribution in [0.4, 0.5) is 17.1 Å². The van der Waals surface area contributed by atoms with E-state index in [2.05, 4.69) is 124 Å². The molecule has 0 radical (unpaired) electrons. The number of ether oxygens (including phenoxy) is 3. The van der Waals surface area contributed by atoms with Crippen LogP contribution in [0.1, 0.15) is 55.5 Å². The highest BCUT2D eigenvalue weighted by Gasteiger charge is 2.43. The minimum atomic E-state index is -1.53. The van der Waals surface area contributed by atoms with E-state index >= 15 is 0 Å². The van der Waals surface area contributed by atoms with Crippen LogP contribution in [0, 0.1) is 6.92 Å². The number of anilines is 3. The molecule has 3 aliphatic heterocycles. The van der Waals surface area contributed by atoms with E-state index in [0.29, 0.717) is 17.1 Å². The second-order valence-electron chi connectivity index (χ2n) is 20.6. The van der Waals surface area contributed by atoms with Gasteiger partial charge in [-0.1, -0.05) is 48.5 Å². The number of benzene rings is 6. The molecule has 0 unspecified atom stereocenters. The van der Waals surface area contributed by atoms with Gasteiger partial charge in [-0.05, 0) is 85.8 Å². The molecule has 3 aliphatic rings. The maximum atomic E-state index is 12.2. The highest BCUT2D eigenvalue weighted by Crippen LogP contribution is 2.56. The predicted octanol–water partition coefficient (Wildman–Crippen LogP) is 4.24. The van der Waals surface area contributed by atoms with Crippen LogP contribution in [0.2, 0.25) is 0 Å². The first-order chi connectivity index (χ1) is 36.7. The zero-order chi connectivity index (χ0) is 54.4. The van der Waals surface area contributed by atoms with Crippen molar-refractivity contribution in [2.24, 2.45) is 0 Å². The fraction of sp³-hybridized carbons (Fsp3) is 0.250. The van der Waals surface area contributed by atoms with Gasteiger partial charge in [-0.3, -0.25) is 0 Å². The van der Waals surface area contributed by atoms with E-state index in [4.69, 9.17) is 14.2 Å². The number of rotatable bonds is 16. The van der Waals surface area contributed by atoms with E-state index in [0.717, 1.165) is 63.6 Å². The molecule has 0 fully saturated rings. The van der Waals surface area contributed by atoms with Gasteiger partial charge in [0.2, 0.25) is 5.36 Å². The van der Waals surface area contributed by atoms with Gasteiger partial charge < -0.3 is 68.5 Å². The Morgan fingerprint density at radius 2 is 1.16 bits per heavy atom. The first-order valence-electron chi connectivity index (χ1n) is 24.9. The number of fused-ring (bicyclic) bond motifs is 12. The van der Waals surface area contributed by atoms with E-state index in [1.165, 1.54) is 37.4 Å². The molecule has 0 bridgehead atoms. The van der Waals surface area contributed by atoms with Crippen molar-refractivity contribution in [3.05, 3.63) is 148 Å². The van der Waals surface area contributed by atoms with Gasteiger partial charge in [-0.15, -0.1) is 22.7 Å². The first kappa shape index (κ1) is 50.7. The van der Waals surface area contributed by atoms with Crippen molar-refractivity contribution in [3.8, 4) is 43.9 Å². The minimum Gasteiger partial charge on any atom is -0.548 e. The maximum absolute atomic E-state index is 12.2. The van der Waals surface area contributed by atoms with Crippen LogP contribution >= 0.6 is 22.7 Å². The summed E-state index contributed by atoms with van der Waals surface area (Å²) in [5.74, 6) is -4.62. The van der Waals surface area contributed by atoms with E-state index < -0.39 is 61.1 Å². The molecule has 392 valence electrons. The number of nitrogens with zero attached hydrogens (tertiary/aromatic N) is 4. The fourth-order valence-corrected chi connectivity index (χ4v) is 14.0. The van der Waals surface area contributed by atoms with Gasteiger partial charge in [-0.2, -0.15) is 0 Å². The average molecular weight is 1070 g/mol. The molecule has 0 saturated heterocycles. The number of thiophene rings is 2. The molecule has 0 amide bonds. The summed E-state index contributed by atoms with van der Waals surface area (Å²) >= 11 is 3.49. The molecule has 0 spiro atoms. The Morgan fingerprint density at radius 1 is 0.623 bits per heavy atom. The largest absolute Gasteiger partial charge is 0.548 e. The molecule has 0 saturated carbocycles. The zero-order valence-electron chi connectivity index (χ0n) is 43.2. The number of carbonyl (C=O) groups excluding carboxylic acids is 4. The van der Waals surface area contributed by atoms with Gasteiger partial charge in [0.1, 0.15) is 43.3 Å². The second-order valence-corrected chi connectivity index (χ2v) is 22.7. The third kappa shape index (κ3) is 8.72. The first-order valence-corrected chi connectivity index (χ1v) is 26.6. The van der Waals surface area contributed by atoms with Gasteiger partial charge in [0, 0.05) is 85.4 Å². The smallest absolute Gasteiger partial charge is 0.212 e. The predicted molar refractivity (Wildman–Crippen MR) is 290 cm³/mol. The molecule has 17 heteroatoms. The standard InChI is InChI=1S/C60H54N4O11S2/c1-32-16-18-40(63(28-50(65)66)29-51(67)68)46(22-32)73-20-21-74-47-23-33(17-19-41(47)64(30-52(69)70)31-53(71)72)54-38-24-36-42(61(6)59(2,3)55-34-12-8-10-14-48(34)76-57(36)55)26-44(38)75-45-27-43-37(25-39(45)54)58-56(60(4,5)62(43)7)35-13-9-11-15-49(35)77-58/h8-19,22-27H,20-21,28-31H2,1-7H3,(H3-,65,66,67,68,69,70,71,72)/p-3. The molecule has 6 aromatic carbocycles. The summed E-state index contributed by atoms with van der Waals surface area (Å²) in [5, 5.41) is 52.0. The van der Waals surface area contributed by atoms with Crippen molar-refractivity contribution < 1.29 is 53.8 Å². The number of carboxylic acid groups (broad SMARTS) is 4. The summed E-state index contributed by atoms with van der Waals surface area (Å²) in [6.07, 6.45) is 0. The lowest BCUT2D eigenvalue weighted by Gasteiger charge is -2.43. The van der Waals surface area contributed by atoms with E-state index in [-0.39, 0.29) is 36.1 Å². The van der Waals surface area contributed by atoms with Gasteiger partial charge in [-0.25, -0.2) is 4.58 Å². The number of carboxylic acids is 4. The highest BCUT2D eigenvalue weighted by molar-refractivity contribution is 7.23. The zero-order valence-corrected chi connectivity index (χ0v) is 44.9. The Morgan fingerprint density at radius 3 is 1.74 bits per heavy atom. The fourth-order valence-electron chi connectivity index (χ4n) is 11.2. The molecular weight excluding hydrogens is 1020 g/mol. The average Bonchev–Trinajstić information content (AvgIpc) is 4.15. The van der Waals surface area contributed by atoms with Crippen LogP contribution in [0.25, 0.3) is 46.6 Å². The monoisotopic (exact) mass is 1070 g/mol. The number of carbonyl (C=O) groups is 4. The third-order valence-corrected chi connectivity index (χ3v) is 17.6. The molecule has 0 N–H and O–H groups in total. The number of aliphatic carboxylic acids is 4. The number of hydrogen-bond donors (Lipinski definition) is 0. The Hall–Kier alpha value is -8.41. The second kappa shape index (κ2) is 19.0. The van der Waals surface area contributed by atoms with Crippen molar-refractivity contribution in [3.63, 3.8) is 0 Å². The van der Waals surface area contributed by atoms with Crippen molar-refractivity contribution in [1.82, 2.24) is 4.58 Å². The Bertz CT molecular complexity index is 3940. The van der Waals surface area contributed by atoms with Gasteiger partial charge in [0.25, 0.3) is 0 Å². The summed E-state index contributed by atoms with van der Waals surface area (Å²) in [4.78, 5) is 54.6. The molecule has 11 rings (SSSR count). The molecule has 77 heavy (non-hydrogen) atoms. The van der Waals surface area contributed by atoms with Crippen LogP contribution < -0.4 is 64.5 Å². The Balaban J connectivity index is 1.11. The van der Waals surface area contributed by atoms with Crippen LogP contribution in [-0.4, -0.2) is 77.4 Å². The summed E-state index contributed by atoms with van der Waals surface area (Å²) in [5.41, 5.74) is 7.88. The Labute approximate surface area is 451 Å². The highest BCUT2D eigenvalue weighted by atomic mass is 32.1. The van der Waals surface area contributed by atoms with Gasteiger partial charge in [0.15, 0.2) is 5.54 Å². The Kier molecular flexibility index (Phi) is 12.5. The molecule has 5 heterocycles. The maximum Gasteiger partial charge on any atom is 0.212 e. The molecule has 0 aliphatic carbocycles. The van der Waals surface area contributed by atoms with Crippen LogP contribution in [0.15, 0.2) is 109 Å². The van der Waals surface area contributed by atoms with Gasteiger partial charge >= 0.3 is 0 Å². The van der Waals surface area contributed by atoms with E-state index in [1.54, 1.807) is 53.9 Å². The van der Waals surface area contributed by atoms with Crippen molar-refractivity contribution >= 4 is 89.4 Å². The van der Waals surface area contributed by atoms with Crippen molar-refractivity contribution in [2.45, 2.75) is 45.7 Å². The topological polar surface area (TPSA) is 201 Å². The molecule has 15 nitrogen and oxygen atoms in total. The third-order valence-electron chi connectivity index (χ3n) is 15.2. The lowest BCUT2D eigenvalue weighted by molar-refractivity contribution is -0.307. The minimum absolute atomic E-state index is 0.105. The summed E-state index contributed by atoms with van der Waals surface area (Å²) in [6.45, 7) is 7.20. The molecule has 8 aromatic rings. The summed E-state index contributed by atoms with van der Waals surface area (Å²) in [7, 11) is 4.21. The van der Waals surface area contributed by atoms with E-state index in [1.807, 2.05) is 6.07 Å². The van der Waals surface area contributed by atoms with Crippen LogP contribution in [0.3, 0.4) is 0 Å². The summed E-state index contributed by atoms with van der Waals surface area (Å²) < 4.78 is 24.4. The summed E-state index contributed by atoms with van der Waals surface area (Å²) in [6, 6.07) is 35.5. The molecule has 2 aromatic heterocycles. The van der Waals surface area contributed by atoms with Crippen LogP contribution in [0.5, 0.6) is 23.0 Å². The molecular formula is C60H51N4O11S2-3. The lowest BCUT2D eigenvalue weighted by Crippen LogP contribution is -2.46. The van der Waals surface area contributed by atoms with Gasteiger partial charge in [0.05, 0.1) is 83.5 Å². The van der Waals surface area contributed by atoms with E-state index in [9.17, 15) is 39.6 Å². The van der Waals surface area contributed by atoms with Crippen molar-refractivity contribution in [1.29, 1.82) is 0 Å². The number of hydrogen-bond acceptors (Lipinski definition) is 16. The quantitative estimate of drug-likeness (QED) is 0.0983. The lowest BCUT2D eigenvalue weighted by atomic mass is 9.81. The SMILES string of the molecule is Cc1ccc(N(CC(=O)[O-])CC(=O)[O-])c(OCCOc2cc(C3=c4cc5c(cc4Oc4cc6c(cc43)-c3sc4ccccc4c3C(C)(C)N6C)=[N+](C)C(C)(C)c3c-5sc4ccccc34)ccc2N(CC(=O)[O-])CC(=O)[O-])c1. The van der Waals surface area contributed by atoms with Crippen molar-refractivity contribution in [2.75, 3.05) is 68.2 Å².